The van der Waals surface area contributed by atoms with E-state index >= 15 is 0 Å². The molecule has 142 valence electrons. The maximum absolute atomic E-state index is 13.4. The zero-order chi connectivity index (χ0) is 19.0. The van der Waals surface area contributed by atoms with Crippen LogP contribution in [0.1, 0.15) is 5.69 Å². The molecule has 3 aromatic rings. The maximum atomic E-state index is 13.4. The first-order valence-corrected chi connectivity index (χ1v) is 9.04. The second-order valence-electron chi connectivity index (χ2n) is 7.12. The predicted octanol–water partition coefficient (Wildman–Crippen LogP) is 2.07. The Balaban J connectivity index is 1.54. The van der Waals surface area contributed by atoms with Gasteiger partial charge in [0.25, 0.3) is 0 Å². The van der Waals surface area contributed by atoms with Crippen LogP contribution in [0.25, 0.3) is 10.9 Å². The molecule has 8 heteroatoms. The van der Waals surface area contributed by atoms with Crippen molar-refractivity contribution < 1.29 is 4.39 Å². The molecule has 4 rings (SSSR count). The van der Waals surface area contributed by atoms with E-state index in [1.54, 1.807) is 6.07 Å². The molecule has 1 aliphatic rings. The van der Waals surface area contributed by atoms with E-state index in [0.29, 0.717) is 6.54 Å². The lowest BCUT2D eigenvalue weighted by Gasteiger charge is -2.33. The third kappa shape index (κ3) is 3.80. The van der Waals surface area contributed by atoms with Gasteiger partial charge in [0.2, 0.25) is 5.95 Å². The number of hydrogen-bond acceptors (Lipinski definition) is 6. The number of fused-ring (bicyclic) bond motifs is 1. The summed E-state index contributed by atoms with van der Waals surface area (Å²) >= 11 is 0. The highest BCUT2D eigenvalue weighted by Crippen LogP contribution is 2.23. The minimum absolute atomic E-state index is 0.234. The summed E-state index contributed by atoms with van der Waals surface area (Å²) in [6.45, 7) is 4.45. The van der Waals surface area contributed by atoms with Gasteiger partial charge >= 0.3 is 0 Å². The highest BCUT2D eigenvalue weighted by molar-refractivity contribution is 5.80. The first kappa shape index (κ1) is 17.5. The van der Waals surface area contributed by atoms with Crippen LogP contribution in [0.3, 0.4) is 0 Å². The van der Waals surface area contributed by atoms with Crippen LogP contribution in [0.4, 0.5) is 22.0 Å². The fraction of sp³-hybridized carbons (Fsp3) is 0.368. The Morgan fingerprint density at radius 2 is 1.93 bits per heavy atom. The third-order valence-corrected chi connectivity index (χ3v) is 4.98. The van der Waals surface area contributed by atoms with Crippen molar-refractivity contribution in [3.63, 3.8) is 0 Å². The summed E-state index contributed by atoms with van der Waals surface area (Å²) in [6, 6.07) is 8.68. The summed E-state index contributed by atoms with van der Waals surface area (Å²) in [7, 11) is 4.08. The normalized spacial score (nSPS) is 15.4. The van der Waals surface area contributed by atoms with Crippen LogP contribution in [0.2, 0.25) is 0 Å². The number of H-pyrrole nitrogens is 1. The van der Waals surface area contributed by atoms with Crippen LogP contribution in [-0.4, -0.2) is 60.1 Å². The van der Waals surface area contributed by atoms with Gasteiger partial charge in [0.05, 0.1) is 6.54 Å². The number of aromatic amines is 1. The molecule has 0 unspecified atom stereocenters. The van der Waals surface area contributed by atoms with Gasteiger partial charge < -0.3 is 25.4 Å². The molecule has 1 aliphatic heterocycles. The van der Waals surface area contributed by atoms with Gasteiger partial charge in [-0.05, 0) is 31.3 Å². The number of hydrogen-bond donors (Lipinski definition) is 2. The van der Waals surface area contributed by atoms with E-state index in [9.17, 15) is 4.39 Å². The largest absolute Gasteiger partial charge is 0.368 e. The van der Waals surface area contributed by atoms with Crippen molar-refractivity contribution in [3.05, 3.63) is 41.8 Å². The Morgan fingerprint density at radius 3 is 2.70 bits per heavy atom. The zero-order valence-electron chi connectivity index (χ0n) is 15.6. The summed E-state index contributed by atoms with van der Waals surface area (Å²) in [5.41, 5.74) is 7.87. The zero-order valence-corrected chi connectivity index (χ0v) is 15.6. The smallest absolute Gasteiger partial charge is 0.223 e. The topological polar surface area (TPSA) is 77.3 Å². The fourth-order valence-electron chi connectivity index (χ4n) is 3.42. The minimum Gasteiger partial charge on any atom is -0.368 e. The monoisotopic (exact) mass is 369 g/mol. The molecule has 2 aromatic heterocycles. The third-order valence-electron chi connectivity index (χ3n) is 4.98. The lowest BCUT2D eigenvalue weighted by atomic mass is 10.2. The molecule has 27 heavy (non-hydrogen) atoms. The van der Waals surface area contributed by atoms with Gasteiger partial charge in [0, 0.05) is 55.9 Å². The minimum atomic E-state index is -0.234. The Morgan fingerprint density at radius 1 is 1.15 bits per heavy atom. The Bertz CT molecular complexity index is 946. The van der Waals surface area contributed by atoms with Crippen LogP contribution in [-0.2, 0) is 6.54 Å². The summed E-state index contributed by atoms with van der Waals surface area (Å²) in [4.78, 5) is 18.7. The molecule has 0 radical (unpaired) electrons. The highest BCUT2D eigenvalue weighted by Gasteiger charge is 2.18. The van der Waals surface area contributed by atoms with Crippen molar-refractivity contribution in [3.8, 4) is 0 Å². The van der Waals surface area contributed by atoms with Crippen molar-refractivity contribution >= 4 is 28.5 Å². The molecule has 3 heterocycles. The van der Waals surface area contributed by atoms with Crippen LogP contribution in [0, 0.1) is 5.82 Å². The number of nitrogens with two attached hydrogens (primary N) is 1. The number of benzene rings is 1. The molecule has 3 N–H and O–H groups in total. The lowest BCUT2D eigenvalue weighted by Crippen LogP contribution is -2.45. The van der Waals surface area contributed by atoms with E-state index in [-0.39, 0.29) is 11.8 Å². The summed E-state index contributed by atoms with van der Waals surface area (Å²) in [5, 5.41) is 0.860. The molecular weight excluding hydrogens is 345 g/mol. The van der Waals surface area contributed by atoms with Gasteiger partial charge in [0.1, 0.15) is 17.5 Å². The van der Waals surface area contributed by atoms with Gasteiger partial charge in [-0.3, -0.25) is 0 Å². The van der Waals surface area contributed by atoms with Crippen molar-refractivity contribution in [1.29, 1.82) is 0 Å². The van der Waals surface area contributed by atoms with Crippen LogP contribution >= 0.6 is 0 Å². The number of anilines is 3. The molecule has 0 aliphatic carbocycles. The van der Waals surface area contributed by atoms with E-state index < -0.39 is 0 Å². The van der Waals surface area contributed by atoms with E-state index in [2.05, 4.69) is 31.8 Å². The number of halogens is 1. The summed E-state index contributed by atoms with van der Waals surface area (Å²) < 4.78 is 13.4. The highest BCUT2D eigenvalue weighted by atomic mass is 19.1. The molecule has 7 nitrogen and oxygen atoms in total. The van der Waals surface area contributed by atoms with E-state index in [4.69, 9.17) is 5.73 Å². The van der Waals surface area contributed by atoms with Crippen molar-refractivity contribution in [2.75, 3.05) is 55.8 Å². The van der Waals surface area contributed by atoms with Gasteiger partial charge in [-0.15, -0.1) is 0 Å². The number of nitrogens with zero attached hydrogens (tertiary/aromatic N) is 5. The number of aromatic nitrogens is 3. The quantitative estimate of drug-likeness (QED) is 0.733. The fourth-order valence-corrected chi connectivity index (χ4v) is 3.42. The molecular formula is C19H24FN7. The Labute approximate surface area is 157 Å². The van der Waals surface area contributed by atoms with Crippen molar-refractivity contribution in [2.24, 2.45) is 0 Å². The van der Waals surface area contributed by atoms with Crippen molar-refractivity contribution in [2.45, 2.75) is 6.54 Å². The molecule has 0 saturated carbocycles. The maximum Gasteiger partial charge on any atom is 0.223 e. The molecule has 0 spiro atoms. The second-order valence-corrected chi connectivity index (χ2v) is 7.12. The van der Waals surface area contributed by atoms with Crippen LogP contribution in [0.15, 0.2) is 30.3 Å². The molecule has 0 bridgehead atoms. The number of rotatable bonds is 4. The van der Waals surface area contributed by atoms with E-state index in [0.717, 1.165) is 54.4 Å². The first-order chi connectivity index (χ1) is 13.0. The van der Waals surface area contributed by atoms with E-state index in [1.165, 1.54) is 12.1 Å². The van der Waals surface area contributed by atoms with Gasteiger partial charge in [0.15, 0.2) is 0 Å². The van der Waals surface area contributed by atoms with Crippen molar-refractivity contribution in [1.82, 2.24) is 19.9 Å². The first-order valence-electron chi connectivity index (χ1n) is 9.04. The van der Waals surface area contributed by atoms with Gasteiger partial charge in [-0.2, -0.15) is 9.97 Å². The average Bonchev–Trinajstić information content (AvgIpc) is 3.03. The molecule has 0 amide bonds. The SMILES string of the molecule is CN1CCN(c2cc(N(C)Cc3cc4cc(F)ccc4[nH]3)nc(N)n2)CC1. The number of piperazine rings is 1. The molecule has 1 saturated heterocycles. The second kappa shape index (κ2) is 7.03. The van der Waals surface area contributed by atoms with E-state index in [1.807, 2.05) is 24.1 Å². The Kier molecular flexibility index (Phi) is 4.57. The molecule has 0 atom stereocenters. The average molecular weight is 369 g/mol. The number of nitrogens with one attached hydrogen (secondary N) is 1. The number of nitrogen functional groups attached to an aromatic ring is 1. The Hall–Kier alpha value is -2.87. The molecule has 1 aromatic carbocycles. The van der Waals surface area contributed by atoms with Crippen LogP contribution < -0.4 is 15.5 Å². The predicted molar refractivity (Wildman–Crippen MR) is 107 cm³/mol. The van der Waals surface area contributed by atoms with Crippen LogP contribution in [0.5, 0.6) is 0 Å². The molecule has 1 fully saturated rings. The lowest BCUT2D eigenvalue weighted by molar-refractivity contribution is 0.312. The van der Waals surface area contributed by atoms with Gasteiger partial charge in [-0.1, -0.05) is 0 Å². The summed E-state index contributed by atoms with van der Waals surface area (Å²) in [5.74, 6) is 1.66. The summed E-state index contributed by atoms with van der Waals surface area (Å²) in [6.07, 6.45) is 0. The van der Waals surface area contributed by atoms with Gasteiger partial charge in [-0.25, -0.2) is 4.39 Å². The number of likely N-dealkylation sites (N-methyl/N-ethyl adjacent to an activating group) is 1. The standard InChI is InChI=1S/C19H24FN7/c1-25-5-7-27(8-6-25)18-11-17(23-19(21)24-18)26(2)12-15-10-13-9-14(20)3-4-16(13)22-15/h3-4,9-11,22H,5-8,12H2,1-2H3,(H2,21,23,24).